The summed E-state index contributed by atoms with van der Waals surface area (Å²) in [7, 11) is 1.97. The Bertz CT molecular complexity index is 482. The lowest BCUT2D eigenvalue weighted by molar-refractivity contribution is -0.137. The summed E-state index contributed by atoms with van der Waals surface area (Å²) in [5.41, 5.74) is 0. The smallest absolute Gasteiger partial charge is 0.228 e. The molecule has 2 amide bonds. The van der Waals surface area contributed by atoms with Crippen molar-refractivity contribution in [3.8, 4) is 0 Å². The second-order valence-electron chi connectivity index (χ2n) is 7.97. The topological polar surface area (TPSA) is 55.9 Å². The summed E-state index contributed by atoms with van der Waals surface area (Å²) < 4.78 is 0. The van der Waals surface area contributed by atoms with Crippen molar-refractivity contribution >= 4 is 11.8 Å². The first kappa shape index (κ1) is 18.6. The van der Waals surface area contributed by atoms with E-state index in [9.17, 15) is 9.59 Å². The lowest BCUT2D eigenvalue weighted by atomic mass is 9.96. The molecule has 6 nitrogen and oxygen atoms in total. The average Bonchev–Trinajstić information content (AvgIpc) is 3.22. The molecular formula is C19H34N4O2. The SMILES string of the molecule is CCN1CCCC1CN1CC(C(=O)N2CCCC(CNC)C2)CC1=O. The van der Waals surface area contributed by atoms with E-state index >= 15 is 0 Å². The van der Waals surface area contributed by atoms with Crippen molar-refractivity contribution in [2.24, 2.45) is 11.8 Å². The van der Waals surface area contributed by atoms with Gasteiger partial charge in [-0.25, -0.2) is 0 Å². The molecule has 0 aromatic carbocycles. The molecular weight excluding hydrogens is 316 g/mol. The van der Waals surface area contributed by atoms with E-state index in [1.54, 1.807) is 0 Å². The highest BCUT2D eigenvalue weighted by atomic mass is 16.2. The molecule has 0 aromatic heterocycles. The van der Waals surface area contributed by atoms with E-state index in [4.69, 9.17) is 0 Å². The van der Waals surface area contributed by atoms with Gasteiger partial charge in [-0.3, -0.25) is 14.5 Å². The number of hydrogen-bond donors (Lipinski definition) is 1. The molecule has 3 atom stereocenters. The molecule has 0 radical (unpaired) electrons. The molecule has 0 aromatic rings. The first-order valence-electron chi connectivity index (χ1n) is 10.1. The molecule has 0 bridgehead atoms. The molecule has 0 saturated carbocycles. The third-order valence-electron chi connectivity index (χ3n) is 6.22. The van der Waals surface area contributed by atoms with Gasteiger partial charge in [-0.15, -0.1) is 0 Å². The number of rotatable bonds is 6. The quantitative estimate of drug-likeness (QED) is 0.769. The fraction of sp³-hybridized carbons (Fsp3) is 0.895. The lowest BCUT2D eigenvalue weighted by Gasteiger charge is -2.34. The monoisotopic (exact) mass is 350 g/mol. The molecule has 0 spiro atoms. The van der Waals surface area contributed by atoms with Gasteiger partial charge in [0.2, 0.25) is 11.8 Å². The van der Waals surface area contributed by atoms with Crippen molar-refractivity contribution in [1.29, 1.82) is 0 Å². The van der Waals surface area contributed by atoms with Crippen LogP contribution >= 0.6 is 0 Å². The number of amides is 2. The summed E-state index contributed by atoms with van der Waals surface area (Å²) >= 11 is 0. The lowest BCUT2D eigenvalue weighted by Crippen LogP contribution is -2.46. The number of piperidine rings is 1. The molecule has 142 valence electrons. The summed E-state index contributed by atoms with van der Waals surface area (Å²) in [6, 6.07) is 0.484. The van der Waals surface area contributed by atoms with Gasteiger partial charge in [0.25, 0.3) is 0 Å². The van der Waals surface area contributed by atoms with Crippen molar-refractivity contribution in [3.63, 3.8) is 0 Å². The molecule has 3 aliphatic rings. The van der Waals surface area contributed by atoms with E-state index in [1.165, 1.54) is 19.3 Å². The van der Waals surface area contributed by atoms with Crippen molar-refractivity contribution in [3.05, 3.63) is 0 Å². The van der Waals surface area contributed by atoms with Crippen LogP contribution in [-0.2, 0) is 9.59 Å². The van der Waals surface area contributed by atoms with Crippen LogP contribution in [0.15, 0.2) is 0 Å². The van der Waals surface area contributed by atoms with Crippen LogP contribution in [0.25, 0.3) is 0 Å². The Morgan fingerprint density at radius 2 is 2.00 bits per heavy atom. The zero-order chi connectivity index (χ0) is 17.8. The largest absolute Gasteiger partial charge is 0.342 e. The summed E-state index contributed by atoms with van der Waals surface area (Å²) in [6.07, 6.45) is 5.08. The predicted molar refractivity (Wildman–Crippen MR) is 98.2 cm³/mol. The van der Waals surface area contributed by atoms with Gasteiger partial charge in [0, 0.05) is 38.6 Å². The van der Waals surface area contributed by atoms with E-state index in [1.807, 2.05) is 16.8 Å². The van der Waals surface area contributed by atoms with Crippen molar-refractivity contribution in [2.75, 3.05) is 52.9 Å². The van der Waals surface area contributed by atoms with Crippen LogP contribution in [0.5, 0.6) is 0 Å². The zero-order valence-corrected chi connectivity index (χ0v) is 15.9. The molecule has 3 aliphatic heterocycles. The maximum absolute atomic E-state index is 12.9. The second kappa shape index (κ2) is 8.49. The van der Waals surface area contributed by atoms with Gasteiger partial charge in [0.15, 0.2) is 0 Å². The van der Waals surface area contributed by atoms with Crippen LogP contribution < -0.4 is 5.32 Å². The fourth-order valence-corrected chi connectivity index (χ4v) is 4.87. The van der Waals surface area contributed by atoms with Gasteiger partial charge in [-0.05, 0) is 58.3 Å². The molecule has 25 heavy (non-hydrogen) atoms. The number of likely N-dealkylation sites (N-methyl/N-ethyl adjacent to an activating group) is 1. The van der Waals surface area contributed by atoms with Gasteiger partial charge < -0.3 is 15.1 Å². The molecule has 3 saturated heterocycles. The number of nitrogens with one attached hydrogen (secondary N) is 1. The van der Waals surface area contributed by atoms with Gasteiger partial charge in [0.05, 0.1) is 5.92 Å². The van der Waals surface area contributed by atoms with Crippen molar-refractivity contribution in [2.45, 2.75) is 45.1 Å². The average molecular weight is 351 g/mol. The highest BCUT2D eigenvalue weighted by Crippen LogP contribution is 2.26. The minimum absolute atomic E-state index is 0.127. The molecule has 3 fully saturated rings. The van der Waals surface area contributed by atoms with Gasteiger partial charge in [0.1, 0.15) is 0 Å². The number of likely N-dealkylation sites (tertiary alicyclic amines) is 3. The van der Waals surface area contributed by atoms with E-state index in [2.05, 4.69) is 17.1 Å². The number of carbonyl (C=O) groups is 2. The zero-order valence-electron chi connectivity index (χ0n) is 15.9. The van der Waals surface area contributed by atoms with E-state index < -0.39 is 0 Å². The third kappa shape index (κ3) is 4.34. The molecule has 3 heterocycles. The van der Waals surface area contributed by atoms with Crippen LogP contribution in [-0.4, -0.2) is 85.4 Å². The van der Waals surface area contributed by atoms with Gasteiger partial charge >= 0.3 is 0 Å². The van der Waals surface area contributed by atoms with E-state index in [-0.39, 0.29) is 17.7 Å². The third-order valence-corrected chi connectivity index (χ3v) is 6.22. The Balaban J connectivity index is 1.53. The predicted octanol–water partition coefficient (Wildman–Crippen LogP) is 0.777. The number of nitrogens with zero attached hydrogens (tertiary/aromatic N) is 3. The molecule has 3 unspecified atom stereocenters. The number of carbonyl (C=O) groups excluding carboxylic acids is 2. The van der Waals surface area contributed by atoms with Crippen molar-refractivity contribution in [1.82, 2.24) is 20.0 Å². The van der Waals surface area contributed by atoms with Gasteiger partial charge in [-0.2, -0.15) is 0 Å². The van der Waals surface area contributed by atoms with E-state index in [0.717, 1.165) is 45.7 Å². The Hall–Kier alpha value is -1.14. The Morgan fingerprint density at radius 3 is 2.76 bits per heavy atom. The fourth-order valence-electron chi connectivity index (χ4n) is 4.87. The Labute approximate surface area is 151 Å². The first-order chi connectivity index (χ1) is 12.1. The maximum Gasteiger partial charge on any atom is 0.228 e. The maximum atomic E-state index is 12.9. The minimum atomic E-state index is -0.127. The second-order valence-corrected chi connectivity index (χ2v) is 7.97. The summed E-state index contributed by atoms with van der Waals surface area (Å²) in [5.74, 6) is 0.797. The highest BCUT2D eigenvalue weighted by molar-refractivity contribution is 5.89. The normalized spacial score (nSPS) is 31.1. The van der Waals surface area contributed by atoms with Crippen LogP contribution in [0, 0.1) is 11.8 Å². The highest BCUT2D eigenvalue weighted by Gasteiger charge is 2.39. The summed E-state index contributed by atoms with van der Waals surface area (Å²) in [6.45, 7) is 8.48. The minimum Gasteiger partial charge on any atom is -0.342 e. The molecule has 1 N–H and O–H groups in total. The standard InChI is InChI=1S/C19H34N4O2/c1-3-21-8-5-7-17(21)14-23-13-16(10-18(23)24)19(25)22-9-4-6-15(12-22)11-20-2/h15-17,20H,3-14H2,1-2H3. The van der Waals surface area contributed by atoms with Crippen LogP contribution in [0.4, 0.5) is 0 Å². The molecule has 6 heteroatoms. The van der Waals surface area contributed by atoms with Crippen LogP contribution in [0.2, 0.25) is 0 Å². The summed E-state index contributed by atoms with van der Waals surface area (Å²) in [4.78, 5) is 31.8. The van der Waals surface area contributed by atoms with E-state index in [0.29, 0.717) is 24.9 Å². The van der Waals surface area contributed by atoms with Crippen LogP contribution in [0.3, 0.4) is 0 Å². The van der Waals surface area contributed by atoms with Crippen molar-refractivity contribution < 1.29 is 9.59 Å². The van der Waals surface area contributed by atoms with Gasteiger partial charge in [-0.1, -0.05) is 6.92 Å². The summed E-state index contributed by atoms with van der Waals surface area (Å²) in [5, 5.41) is 3.23. The van der Waals surface area contributed by atoms with Crippen LogP contribution in [0.1, 0.15) is 39.0 Å². The Morgan fingerprint density at radius 1 is 1.20 bits per heavy atom. The molecule has 3 rings (SSSR count). The Kier molecular flexibility index (Phi) is 6.34. The first-order valence-corrected chi connectivity index (χ1v) is 10.1. The molecule has 0 aliphatic carbocycles. The number of hydrogen-bond acceptors (Lipinski definition) is 4.